The molecule has 4 heterocycles. The van der Waals surface area contributed by atoms with Crippen molar-refractivity contribution in [2.24, 2.45) is 0 Å². The number of carbonyl (C=O) groups is 1. The zero-order chi connectivity index (χ0) is 15.6. The molecule has 0 radical (unpaired) electrons. The first-order chi connectivity index (χ1) is 11.3. The molecular weight excluding hydrogens is 310 g/mol. The smallest absolute Gasteiger partial charge is 0.239 e. The minimum atomic E-state index is 0.0275. The second-order valence-corrected chi connectivity index (χ2v) is 7.36. The average molecular weight is 331 g/mol. The lowest BCUT2D eigenvalue weighted by Crippen LogP contribution is -2.48. The van der Waals surface area contributed by atoms with Crippen LogP contribution >= 0.6 is 11.8 Å². The molecule has 2 fully saturated rings. The summed E-state index contributed by atoms with van der Waals surface area (Å²) in [5.41, 5.74) is 2.86. The molecular formula is C16H21N5OS. The van der Waals surface area contributed by atoms with Crippen LogP contribution in [-0.2, 0) is 11.3 Å². The van der Waals surface area contributed by atoms with Crippen LogP contribution in [0.15, 0.2) is 18.6 Å². The normalized spacial score (nSPS) is 22.8. The van der Waals surface area contributed by atoms with Gasteiger partial charge in [-0.2, -0.15) is 11.8 Å². The lowest BCUT2D eigenvalue weighted by Gasteiger charge is -2.32. The number of nitrogens with zero attached hydrogens (tertiary/aromatic N) is 4. The monoisotopic (exact) mass is 331 g/mol. The number of nitrogens with one attached hydrogen (secondary N) is 1. The number of carbonyl (C=O) groups excluding carboxylic acids is 1. The van der Waals surface area contributed by atoms with Crippen LogP contribution in [0.2, 0.25) is 0 Å². The zero-order valence-corrected chi connectivity index (χ0v) is 13.9. The fourth-order valence-electron chi connectivity index (χ4n) is 3.53. The van der Waals surface area contributed by atoms with E-state index in [-0.39, 0.29) is 6.04 Å². The molecule has 7 heteroatoms. The van der Waals surface area contributed by atoms with E-state index in [9.17, 15) is 4.79 Å². The molecule has 1 N–H and O–H groups in total. The molecule has 0 aliphatic carbocycles. The molecule has 23 heavy (non-hydrogen) atoms. The van der Waals surface area contributed by atoms with Crippen LogP contribution in [0, 0.1) is 0 Å². The summed E-state index contributed by atoms with van der Waals surface area (Å²) < 4.78 is 0. The number of likely N-dealkylation sites (tertiary alicyclic amines) is 1. The minimum absolute atomic E-state index is 0.0275. The van der Waals surface area contributed by atoms with Gasteiger partial charge in [0.05, 0.1) is 6.04 Å². The van der Waals surface area contributed by atoms with Crippen molar-refractivity contribution < 1.29 is 4.79 Å². The predicted octanol–water partition coefficient (Wildman–Crippen LogP) is 1.50. The quantitative estimate of drug-likeness (QED) is 0.923. The van der Waals surface area contributed by atoms with Gasteiger partial charge in [0, 0.05) is 55.3 Å². The fourth-order valence-corrected chi connectivity index (χ4v) is 4.43. The molecule has 0 aromatic carbocycles. The number of hydrogen-bond acceptors (Lipinski definition) is 5. The summed E-state index contributed by atoms with van der Waals surface area (Å²) in [7, 11) is 0. The van der Waals surface area contributed by atoms with E-state index in [0.29, 0.717) is 5.91 Å². The van der Waals surface area contributed by atoms with Crippen molar-refractivity contribution in [3.63, 3.8) is 0 Å². The molecule has 1 amide bonds. The number of fused-ring (bicyclic) bond motifs is 1. The summed E-state index contributed by atoms with van der Waals surface area (Å²) in [5.74, 6) is 2.45. The lowest BCUT2D eigenvalue weighted by molar-refractivity contribution is -0.135. The van der Waals surface area contributed by atoms with Crippen LogP contribution in [-0.4, -0.2) is 67.8 Å². The summed E-state index contributed by atoms with van der Waals surface area (Å²) in [6.45, 7) is 3.53. The van der Waals surface area contributed by atoms with Crippen molar-refractivity contribution in [2.75, 3.05) is 31.1 Å². The van der Waals surface area contributed by atoms with Gasteiger partial charge in [0.1, 0.15) is 5.52 Å². The van der Waals surface area contributed by atoms with E-state index >= 15 is 0 Å². The molecule has 2 saturated heterocycles. The topological polar surface area (TPSA) is 65.1 Å². The maximum atomic E-state index is 12.8. The third-order valence-electron chi connectivity index (χ3n) is 4.73. The van der Waals surface area contributed by atoms with Gasteiger partial charge in [-0.3, -0.25) is 14.7 Å². The minimum Gasteiger partial charge on any atom is -0.344 e. The van der Waals surface area contributed by atoms with Gasteiger partial charge in [0.25, 0.3) is 0 Å². The lowest BCUT2D eigenvalue weighted by atomic mass is 10.1. The largest absolute Gasteiger partial charge is 0.344 e. The second-order valence-electron chi connectivity index (χ2n) is 6.13. The Morgan fingerprint density at radius 3 is 2.96 bits per heavy atom. The number of hydrogen-bond donors (Lipinski definition) is 1. The van der Waals surface area contributed by atoms with Gasteiger partial charge in [-0.25, -0.2) is 4.98 Å². The number of amides is 1. The van der Waals surface area contributed by atoms with Gasteiger partial charge in [-0.15, -0.1) is 0 Å². The van der Waals surface area contributed by atoms with E-state index in [1.54, 1.807) is 12.4 Å². The SMILES string of the molecule is O=C(C1CCCN1Cc1c[nH]c2nccnc12)N1CCSCC1. The van der Waals surface area contributed by atoms with Crippen molar-refractivity contribution in [3.8, 4) is 0 Å². The van der Waals surface area contributed by atoms with E-state index in [4.69, 9.17) is 0 Å². The van der Waals surface area contributed by atoms with Crippen molar-refractivity contribution in [3.05, 3.63) is 24.2 Å². The highest BCUT2D eigenvalue weighted by Gasteiger charge is 2.34. The molecule has 6 nitrogen and oxygen atoms in total. The predicted molar refractivity (Wildman–Crippen MR) is 91.2 cm³/mol. The van der Waals surface area contributed by atoms with E-state index in [0.717, 1.165) is 67.3 Å². The third-order valence-corrected chi connectivity index (χ3v) is 5.67. The second kappa shape index (κ2) is 6.49. The summed E-state index contributed by atoms with van der Waals surface area (Å²) in [5, 5.41) is 0. The number of rotatable bonds is 3. The molecule has 4 rings (SSSR count). The van der Waals surface area contributed by atoms with Crippen LogP contribution < -0.4 is 0 Å². The van der Waals surface area contributed by atoms with Gasteiger partial charge in [0.15, 0.2) is 5.65 Å². The standard InChI is InChI=1S/C16H21N5OS/c22-16(20-6-8-23-9-7-20)13-2-1-5-21(13)11-12-10-19-15-14(12)17-3-4-18-15/h3-4,10,13H,1-2,5-9,11H2,(H,18,19). The van der Waals surface area contributed by atoms with E-state index in [2.05, 4.69) is 24.8 Å². The van der Waals surface area contributed by atoms with Crippen molar-refractivity contribution in [2.45, 2.75) is 25.4 Å². The van der Waals surface area contributed by atoms with E-state index in [1.807, 2.05) is 18.0 Å². The number of thioether (sulfide) groups is 1. The Balaban J connectivity index is 1.50. The fraction of sp³-hybridized carbons (Fsp3) is 0.562. The molecule has 2 aromatic rings. The third kappa shape index (κ3) is 2.95. The summed E-state index contributed by atoms with van der Waals surface area (Å²) in [6.07, 6.45) is 7.45. The maximum absolute atomic E-state index is 12.8. The van der Waals surface area contributed by atoms with E-state index in [1.165, 1.54) is 0 Å². The molecule has 2 aliphatic heterocycles. The molecule has 2 aromatic heterocycles. The Morgan fingerprint density at radius 1 is 1.26 bits per heavy atom. The number of aromatic amines is 1. The number of H-pyrrole nitrogens is 1. The van der Waals surface area contributed by atoms with Gasteiger partial charge in [0.2, 0.25) is 5.91 Å². The maximum Gasteiger partial charge on any atom is 0.239 e. The Labute approximate surface area is 139 Å². The first-order valence-corrected chi connectivity index (χ1v) is 9.36. The van der Waals surface area contributed by atoms with Gasteiger partial charge >= 0.3 is 0 Å². The van der Waals surface area contributed by atoms with E-state index < -0.39 is 0 Å². The highest BCUT2D eigenvalue weighted by Crippen LogP contribution is 2.25. The summed E-state index contributed by atoms with van der Waals surface area (Å²) in [6, 6.07) is 0.0275. The molecule has 1 atom stereocenters. The molecule has 1 unspecified atom stereocenters. The van der Waals surface area contributed by atoms with Crippen molar-refractivity contribution in [1.82, 2.24) is 24.8 Å². The summed E-state index contributed by atoms with van der Waals surface area (Å²) in [4.78, 5) is 29.1. The Hall–Kier alpha value is -1.60. The highest BCUT2D eigenvalue weighted by atomic mass is 32.2. The molecule has 2 aliphatic rings. The van der Waals surface area contributed by atoms with Crippen LogP contribution in [0.3, 0.4) is 0 Å². The Morgan fingerprint density at radius 2 is 2.09 bits per heavy atom. The van der Waals surface area contributed by atoms with Crippen molar-refractivity contribution >= 4 is 28.8 Å². The van der Waals surface area contributed by atoms with Gasteiger partial charge in [-0.1, -0.05) is 0 Å². The van der Waals surface area contributed by atoms with Crippen molar-refractivity contribution in [1.29, 1.82) is 0 Å². The zero-order valence-electron chi connectivity index (χ0n) is 13.1. The van der Waals surface area contributed by atoms with Gasteiger partial charge in [-0.05, 0) is 19.4 Å². The molecule has 0 spiro atoms. The molecule has 122 valence electrons. The van der Waals surface area contributed by atoms with Crippen LogP contribution in [0.4, 0.5) is 0 Å². The summed E-state index contributed by atoms with van der Waals surface area (Å²) >= 11 is 1.94. The first-order valence-electron chi connectivity index (χ1n) is 8.20. The Kier molecular flexibility index (Phi) is 4.22. The molecule has 0 bridgehead atoms. The van der Waals surface area contributed by atoms with Crippen LogP contribution in [0.25, 0.3) is 11.2 Å². The molecule has 0 saturated carbocycles. The Bertz CT molecular complexity index is 697. The number of aromatic nitrogens is 3. The first kappa shape index (κ1) is 15.0. The van der Waals surface area contributed by atoms with Gasteiger partial charge < -0.3 is 9.88 Å². The van der Waals surface area contributed by atoms with Crippen LogP contribution in [0.1, 0.15) is 18.4 Å². The van der Waals surface area contributed by atoms with Crippen LogP contribution in [0.5, 0.6) is 0 Å². The average Bonchev–Trinajstić information content (AvgIpc) is 3.23. The highest BCUT2D eigenvalue weighted by molar-refractivity contribution is 7.99.